The van der Waals surface area contributed by atoms with Gasteiger partial charge in [0.1, 0.15) is 5.69 Å². The summed E-state index contributed by atoms with van der Waals surface area (Å²) in [4.78, 5) is 56.9. The van der Waals surface area contributed by atoms with Gasteiger partial charge in [-0.25, -0.2) is 4.79 Å². The standard InChI is InChI=1S/C22H29N5O4/c1-15(2)12-20(29)27-10-5-9-26(21(30)17-13-19(28)25-22(31)24-17)11-8-23-14-16-6-3-4-7-18(16)27/h3-4,6-7,13,15,23H,5,8-12,14H2,1-2H3,(H2,24,25,28,31). The van der Waals surface area contributed by atoms with Crippen molar-refractivity contribution in [2.75, 3.05) is 31.1 Å². The second kappa shape index (κ2) is 10.2. The van der Waals surface area contributed by atoms with E-state index in [4.69, 9.17) is 0 Å². The summed E-state index contributed by atoms with van der Waals surface area (Å²) in [5, 5.41) is 3.33. The Hall–Kier alpha value is -3.20. The van der Waals surface area contributed by atoms with Crippen LogP contribution in [0.3, 0.4) is 0 Å². The zero-order chi connectivity index (χ0) is 22.4. The van der Waals surface area contributed by atoms with Crippen LogP contribution in [0.2, 0.25) is 0 Å². The van der Waals surface area contributed by atoms with Gasteiger partial charge in [-0.1, -0.05) is 32.0 Å². The SMILES string of the molecule is CC(C)CC(=O)N1CCCN(C(=O)c2cc(=O)[nH]c(=O)[nH]2)CCNCc2ccccc21. The highest BCUT2D eigenvalue weighted by atomic mass is 16.2. The van der Waals surface area contributed by atoms with E-state index in [-0.39, 0.29) is 17.5 Å². The zero-order valence-electron chi connectivity index (χ0n) is 17.9. The molecule has 0 bridgehead atoms. The third-order valence-electron chi connectivity index (χ3n) is 5.13. The average molecular weight is 428 g/mol. The number of fused-ring (bicyclic) bond motifs is 1. The van der Waals surface area contributed by atoms with Gasteiger partial charge in [0, 0.05) is 50.9 Å². The molecule has 1 aliphatic rings. The quantitative estimate of drug-likeness (QED) is 0.677. The Morgan fingerprint density at radius 2 is 1.84 bits per heavy atom. The number of anilines is 1. The van der Waals surface area contributed by atoms with Gasteiger partial charge >= 0.3 is 5.69 Å². The van der Waals surface area contributed by atoms with Crippen LogP contribution in [0, 0.1) is 5.92 Å². The fourth-order valence-corrected chi connectivity index (χ4v) is 3.69. The van der Waals surface area contributed by atoms with Gasteiger partial charge in [-0.2, -0.15) is 0 Å². The number of nitrogens with zero attached hydrogens (tertiary/aromatic N) is 2. The van der Waals surface area contributed by atoms with Crippen LogP contribution in [0.1, 0.15) is 42.7 Å². The average Bonchev–Trinajstić information content (AvgIpc) is 2.75. The minimum atomic E-state index is -0.715. The second-order valence-corrected chi connectivity index (χ2v) is 8.10. The van der Waals surface area contributed by atoms with Gasteiger partial charge in [0.2, 0.25) is 5.91 Å². The number of aromatic amines is 2. The first kappa shape index (κ1) is 22.5. The lowest BCUT2D eigenvalue weighted by molar-refractivity contribution is -0.119. The molecular formula is C22H29N5O4. The molecule has 2 aromatic rings. The molecule has 3 N–H and O–H groups in total. The summed E-state index contributed by atoms with van der Waals surface area (Å²) in [5.41, 5.74) is 0.536. The highest BCUT2D eigenvalue weighted by Crippen LogP contribution is 2.23. The molecule has 1 aromatic heterocycles. The maximum Gasteiger partial charge on any atom is 0.326 e. The Bertz CT molecular complexity index is 1010. The zero-order valence-corrected chi connectivity index (χ0v) is 17.9. The summed E-state index contributed by atoms with van der Waals surface area (Å²) in [6.45, 7) is 6.40. The van der Waals surface area contributed by atoms with Crippen LogP contribution in [-0.4, -0.2) is 52.9 Å². The molecule has 9 nitrogen and oxygen atoms in total. The van der Waals surface area contributed by atoms with Crippen LogP contribution >= 0.6 is 0 Å². The van der Waals surface area contributed by atoms with Crippen molar-refractivity contribution in [3.8, 4) is 0 Å². The molecule has 0 unspecified atom stereocenters. The third-order valence-corrected chi connectivity index (χ3v) is 5.13. The van der Waals surface area contributed by atoms with Crippen molar-refractivity contribution in [2.24, 2.45) is 5.92 Å². The fraction of sp³-hybridized carbons (Fsp3) is 0.455. The first-order valence-corrected chi connectivity index (χ1v) is 10.6. The molecule has 2 amide bonds. The minimum Gasteiger partial charge on any atom is -0.336 e. The molecule has 2 heterocycles. The first-order valence-electron chi connectivity index (χ1n) is 10.6. The molecule has 1 aromatic carbocycles. The normalized spacial score (nSPS) is 15.3. The summed E-state index contributed by atoms with van der Waals surface area (Å²) in [6.07, 6.45) is 1.01. The number of hydrogen-bond donors (Lipinski definition) is 3. The van der Waals surface area contributed by atoms with Crippen LogP contribution in [0.25, 0.3) is 0 Å². The van der Waals surface area contributed by atoms with Crippen molar-refractivity contribution >= 4 is 17.5 Å². The number of hydrogen-bond acceptors (Lipinski definition) is 5. The van der Waals surface area contributed by atoms with Crippen LogP contribution in [-0.2, 0) is 11.3 Å². The third kappa shape index (κ3) is 5.91. The van der Waals surface area contributed by atoms with Crippen LogP contribution in [0.15, 0.2) is 39.9 Å². The van der Waals surface area contributed by atoms with Crippen LogP contribution < -0.4 is 21.5 Å². The van der Waals surface area contributed by atoms with Crippen molar-refractivity contribution in [3.05, 3.63) is 62.4 Å². The molecular weight excluding hydrogens is 398 g/mol. The molecule has 0 atom stereocenters. The number of nitrogens with one attached hydrogen (secondary N) is 3. The van der Waals surface area contributed by atoms with E-state index in [0.717, 1.165) is 17.3 Å². The van der Waals surface area contributed by atoms with Crippen molar-refractivity contribution in [2.45, 2.75) is 33.2 Å². The van der Waals surface area contributed by atoms with Gasteiger partial charge in [0.05, 0.1) is 0 Å². The largest absolute Gasteiger partial charge is 0.336 e. The van der Waals surface area contributed by atoms with E-state index in [1.165, 1.54) is 0 Å². The van der Waals surface area contributed by atoms with Crippen LogP contribution in [0.4, 0.5) is 5.69 Å². The number of H-pyrrole nitrogens is 2. The predicted octanol–water partition coefficient (Wildman–Crippen LogP) is 1.08. The van der Waals surface area contributed by atoms with Gasteiger partial charge < -0.3 is 20.1 Å². The number of aromatic nitrogens is 2. The Balaban J connectivity index is 1.83. The van der Waals surface area contributed by atoms with Gasteiger partial charge in [0.25, 0.3) is 11.5 Å². The van der Waals surface area contributed by atoms with E-state index in [9.17, 15) is 19.2 Å². The van der Waals surface area contributed by atoms with E-state index in [0.29, 0.717) is 45.6 Å². The monoisotopic (exact) mass is 427 g/mol. The summed E-state index contributed by atoms with van der Waals surface area (Å²) in [5.74, 6) is -0.123. The van der Waals surface area contributed by atoms with E-state index >= 15 is 0 Å². The lowest BCUT2D eigenvalue weighted by atomic mass is 10.1. The van der Waals surface area contributed by atoms with Gasteiger partial charge in [0.15, 0.2) is 0 Å². The molecule has 0 radical (unpaired) electrons. The number of carbonyl (C=O) groups excluding carboxylic acids is 2. The topological polar surface area (TPSA) is 118 Å². The summed E-state index contributed by atoms with van der Waals surface area (Å²) >= 11 is 0. The molecule has 1 aliphatic heterocycles. The number of benzene rings is 1. The molecule has 166 valence electrons. The lowest BCUT2D eigenvalue weighted by Crippen LogP contribution is -2.40. The van der Waals surface area contributed by atoms with Gasteiger partial charge in [-0.3, -0.25) is 19.4 Å². The Labute approximate surface area is 180 Å². The molecule has 0 spiro atoms. The number of rotatable bonds is 3. The maximum absolute atomic E-state index is 13.0. The van der Waals surface area contributed by atoms with Crippen molar-refractivity contribution in [1.29, 1.82) is 0 Å². The molecule has 31 heavy (non-hydrogen) atoms. The van der Waals surface area contributed by atoms with Crippen molar-refractivity contribution in [1.82, 2.24) is 20.2 Å². The summed E-state index contributed by atoms with van der Waals surface area (Å²) in [7, 11) is 0. The molecule has 9 heteroatoms. The van der Waals surface area contributed by atoms with E-state index < -0.39 is 17.2 Å². The first-order chi connectivity index (χ1) is 14.8. The van der Waals surface area contributed by atoms with E-state index in [1.807, 2.05) is 38.1 Å². The predicted molar refractivity (Wildman–Crippen MR) is 118 cm³/mol. The Morgan fingerprint density at radius 1 is 1.06 bits per heavy atom. The minimum absolute atomic E-state index is 0.0420. The Kier molecular flexibility index (Phi) is 7.41. The van der Waals surface area contributed by atoms with Crippen molar-refractivity contribution < 1.29 is 9.59 Å². The molecule has 3 rings (SSSR count). The Morgan fingerprint density at radius 3 is 2.58 bits per heavy atom. The van der Waals surface area contributed by atoms with Crippen LogP contribution in [0.5, 0.6) is 0 Å². The second-order valence-electron chi connectivity index (χ2n) is 8.10. The molecule has 0 saturated heterocycles. The highest BCUT2D eigenvalue weighted by Gasteiger charge is 2.22. The number of amides is 2. The molecule has 0 fully saturated rings. The summed E-state index contributed by atoms with van der Waals surface area (Å²) in [6, 6.07) is 8.92. The van der Waals surface area contributed by atoms with Gasteiger partial charge in [-0.05, 0) is 24.0 Å². The maximum atomic E-state index is 13.0. The van der Waals surface area contributed by atoms with E-state index in [2.05, 4.69) is 15.3 Å². The molecule has 0 saturated carbocycles. The molecule has 0 aliphatic carbocycles. The summed E-state index contributed by atoms with van der Waals surface area (Å²) < 4.78 is 0. The van der Waals surface area contributed by atoms with Crippen molar-refractivity contribution in [3.63, 3.8) is 0 Å². The smallest absolute Gasteiger partial charge is 0.326 e. The van der Waals surface area contributed by atoms with Gasteiger partial charge in [-0.15, -0.1) is 0 Å². The van der Waals surface area contributed by atoms with E-state index in [1.54, 1.807) is 9.80 Å². The number of carbonyl (C=O) groups is 2. The fourth-order valence-electron chi connectivity index (χ4n) is 3.69. The number of para-hydroxylation sites is 1. The lowest BCUT2D eigenvalue weighted by Gasteiger charge is -2.27. The highest BCUT2D eigenvalue weighted by molar-refractivity contribution is 5.94.